The van der Waals surface area contributed by atoms with Crippen LogP contribution in [0.1, 0.15) is 23.6 Å². The molecule has 0 radical (unpaired) electrons. The van der Waals surface area contributed by atoms with Crippen LogP contribution >= 0.6 is 0 Å². The molecule has 10 heteroatoms. The van der Waals surface area contributed by atoms with Crippen LogP contribution in [0.4, 0.5) is 4.79 Å². The lowest BCUT2D eigenvalue weighted by Gasteiger charge is -2.41. The monoisotopic (exact) mass is 574 g/mol. The van der Waals surface area contributed by atoms with Gasteiger partial charge in [0.1, 0.15) is 34.9 Å². The molecule has 3 amide bonds. The van der Waals surface area contributed by atoms with Crippen LogP contribution in [0.5, 0.6) is 11.5 Å². The van der Waals surface area contributed by atoms with Gasteiger partial charge < -0.3 is 28.8 Å². The second kappa shape index (κ2) is 11.0. The van der Waals surface area contributed by atoms with Gasteiger partial charge in [0.15, 0.2) is 6.23 Å². The molecule has 0 aromatic heterocycles. The summed E-state index contributed by atoms with van der Waals surface area (Å²) in [5.41, 5.74) is 0.145. The van der Waals surface area contributed by atoms with Crippen molar-refractivity contribution < 1.29 is 38.4 Å². The number of aliphatic hydroxyl groups is 1. The number of hydrogen-bond acceptors (Lipinski definition) is 8. The van der Waals surface area contributed by atoms with Crippen LogP contribution in [0.3, 0.4) is 0 Å². The van der Waals surface area contributed by atoms with Crippen molar-refractivity contribution in [3.05, 3.63) is 95.6 Å². The zero-order chi connectivity index (χ0) is 29.5. The lowest BCUT2D eigenvalue weighted by Crippen LogP contribution is -2.60. The lowest BCUT2D eigenvalue weighted by molar-refractivity contribution is -0.213. The molecule has 5 atom stereocenters. The van der Waals surface area contributed by atoms with Crippen molar-refractivity contribution in [3.63, 3.8) is 0 Å². The van der Waals surface area contributed by atoms with Crippen molar-refractivity contribution in [2.45, 2.75) is 36.6 Å². The SMILES string of the molecule is COc1ccc(C(OC[C@@]23CO[C@@H]([C@H](N4CC(C)C(=O)NC4=O)O2)[C@@H]3O)(c2ccccc2)c2ccc(OC)cc2)cc1. The third-order valence-electron chi connectivity index (χ3n) is 8.43. The molecule has 6 rings (SSSR count). The third-order valence-corrected chi connectivity index (χ3v) is 8.43. The summed E-state index contributed by atoms with van der Waals surface area (Å²) >= 11 is 0. The predicted octanol–water partition coefficient (Wildman–Crippen LogP) is 3.06. The van der Waals surface area contributed by atoms with E-state index < -0.39 is 41.6 Å². The highest BCUT2D eigenvalue weighted by Gasteiger charge is 2.64. The van der Waals surface area contributed by atoms with Crippen LogP contribution in [0, 0.1) is 5.92 Å². The van der Waals surface area contributed by atoms with Gasteiger partial charge >= 0.3 is 6.03 Å². The van der Waals surface area contributed by atoms with Crippen molar-refractivity contribution in [2.75, 3.05) is 34.0 Å². The minimum absolute atomic E-state index is 0.0575. The molecule has 3 heterocycles. The van der Waals surface area contributed by atoms with E-state index in [0.29, 0.717) is 11.5 Å². The van der Waals surface area contributed by atoms with Gasteiger partial charge in [-0.3, -0.25) is 15.0 Å². The Morgan fingerprint density at radius 2 is 1.50 bits per heavy atom. The fraction of sp³-hybridized carbons (Fsp3) is 0.375. The van der Waals surface area contributed by atoms with Crippen molar-refractivity contribution in [1.29, 1.82) is 0 Å². The first-order valence-electron chi connectivity index (χ1n) is 13.9. The second-order valence-corrected chi connectivity index (χ2v) is 10.9. The predicted molar refractivity (Wildman–Crippen MR) is 151 cm³/mol. The highest BCUT2D eigenvalue weighted by Crippen LogP contribution is 2.46. The van der Waals surface area contributed by atoms with E-state index >= 15 is 0 Å². The Hall–Kier alpha value is -3.96. The first kappa shape index (κ1) is 28.2. The Bertz CT molecular complexity index is 1380. The third kappa shape index (κ3) is 4.60. The number of carbonyl (C=O) groups excluding carboxylic acids is 2. The summed E-state index contributed by atoms with van der Waals surface area (Å²) in [4.78, 5) is 26.2. The number of benzene rings is 3. The van der Waals surface area contributed by atoms with E-state index in [1.165, 1.54) is 4.90 Å². The number of aliphatic hydroxyl groups excluding tert-OH is 1. The minimum Gasteiger partial charge on any atom is -0.497 e. The number of carbonyl (C=O) groups is 2. The van der Waals surface area contributed by atoms with Gasteiger partial charge in [-0.05, 0) is 41.0 Å². The average Bonchev–Trinajstić information content (AvgIpc) is 3.49. The Kier molecular flexibility index (Phi) is 7.40. The van der Waals surface area contributed by atoms with Crippen molar-refractivity contribution in [3.8, 4) is 11.5 Å². The molecule has 0 spiro atoms. The van der Waals surface area contributed by atoms with Gasteiger partial charge in [-0.1, -0.05) is 61.5 Å². The molecule has 3 aliphatic rings. The normalized spacial score (nSPS) is 27.2. The first-order chi connectivity index (χ1) is 20.3. The van der Waals surface area contributed by atoms with E-state index in [2.05, 4.69) is 5.32 Å². The number of urea groups is 1. The zero-order valence-corrected chi connectivity index (χ0v) is 23.7. The number of imide groups is 1. The Balaban J connectivity index is 1.39. The summed E-state index contributed by atoms with van der Waals surface area (Å²) < 4.78 is 30.3. The fourth-order valence-electron chi connectivity index (χ4n) is 6.05. The summed E-state index contributed by atoms with van der Waals surface area (Å²) in [5, 5.41) is 13.8. The molecule has 3 aliphatic heterocycles. The number of amides is 3. The van der Waals surface area contributed by atoms with Gasteiger partial charge in [-0.15, -0.1) is 0 Å². The number of ether oxygens (including phenoxy) is 5. The zero-order valence-electron chi connectivity index (χ0n) is 23.7. The summed E-state index contributed by atoms with van der Waals surface area (Å²) in [5.74, 6) is 0.633. The molecule has 42 heavy (non-hydrogen) atoms. The van der Waals surface area contributed by atoms with Gasteiger partial charge in [0, 0.05) is 6.54 Å². The molecule has 3 aromatic rings. The van der Waals surface area contributed by atoms with Crippen molar-refractivity contribution in [1.82, 2.24) is 10.2 Å². The molecule has 3 aromatic carbocycles. The quantitative estimate of drug-likeness (QED) is 0.375. The average molecular weight is 575 g/mol. The van der Waals surface area contributed by atoms with E-state index in [9.17, 15) is 14.7 Å². The molecule has 10 nitrogen and oxygen atoms in total. The first-order valence-corrected chi connectivity index (χ1v) is 13.9. The fourth-order valence-corrected chi connectivity index (χ4v) is 6.05. The van der Waals surface area contributed by atoms with Gasteiger partial charge in [0.25, 0.3) is 0 Å². The molecule has 0 saturated carbocycles. The number of nitrogens with one attached hydrogen (secondary N) is 1. The highest BCUT2D eigenvalue weighted by atomic mass is 16.7. The maximum absolute atomic E-state index is 12.7. The topological polar surface area (TPSA) is 116 Å². The number of rotatable bonds is 9. The van der Waals surface area contributed by atoms with Crippen LogP contribution in [0.2, 0.25) is 0 Å². The van der Waals surface area contributed by atoms with E-state index in [0.717, 1.165) is 16.7 Å². The molecular weight excluding hydrogens is 540 g/mol. The maximum atomic E-state index is 12.7. The van der Waals surface area contributed by atoms with Gasteiger partial charge in [-0.2, -0.15) is 0 Å². The molecule has 1 unspecified atom stereocenters. The number of methoxy groups -OCH3 is 2. The van der Waals surface area contributed by atoms with Crippen molar-refractivity contribution >= 4 is 11.9 Å². The standard InChI is InChI=1S/C32H34N2O8/c1-20-17-34(30(37)33-28(20)36)29-26-27(35)31(42-29,18-40-26)19-41-32(21-7-5-4-6-8-21,22-9-13-24(38-2)14-10-22)23-11-15-25(39-3)16-12-23/h4-16,20,26-27,29,35H,17-19H2,1-3H3,(H,33,36,37)/t20?,26-,27+,29-,31-/m1/s1. The Morgan fingerprint density at radius 3 is 2.07 bits per heavy atom. The maximum Gasteiger partial charge on any atom is 0.326 e. The summed E-state index contributed by atoms with van der Waals surface area (Å²) in [7, 11) is 3.23. The largest absolute Gasteiger partial charge is 0.497 e. The van der Waals surface area contributed by atoms with E-state index in [1.54, 1.807) is 21.1 Å². The second-order valence-electron chi connectivity index (χ2n) is 10.9. The lowest BCUT2D eigenvalue weighted by atomic mass is 9.79. The summed E-state index contributed by atoms with van der Waals surface area (Å²) in [6.45, 7) is 1.91. The molecule has 3 fully saturated rings. The van der Waals surface area contributed by atoms with Gasteiger partial charge in [0.2, 0.25) is 5.91 Å². The molecule has 2 bridgehead atoms. The number of nitrogens with zero attached hydrogens (tertiary/aromatic N) is 1. The molecule has 2 N–H and O–H groups in total. The van der Waals surface area contributed by atoms with Crippen LogP contribution in [-0.4, -0.2) is 80.0 Å². The molecule has 0 aliphatic carbocycles. The Morgan fingerprint density at radius 1 is 0.929 bits per heavy atom. The molecule has 220 valence electrons. The van der Waals surface area contributed by atoms with Gasteiger partial charge in [0.05, 0.1) is 33.4 Å². The van der Waals surface area contributed by atoms with Crippen molar-refractivity contribution in [2.24, 2.45) is 5.92 Å². The van der Waals surface area contributed by atoms with Crippen LogP contribution in [-0.2, 0) is 24.6 Å². The summed E-state index contributed by atoms with van der Waals surface area (Å²) in [6, 6.07) is 24.6. The number of hydrogen-bond donors (Lipinski definition) is 2. The molecular formula is C32H34N2O8. The summed E-state index contributed by atoms with van der Waals surface area (Å²) in [6.07, 6.45) is -2.72. The van der Waals surface area contributed by atoms with Crippen LogP contribution in [0.25, 0.3) is 0 Å². The van der Waals surface area contributed by atoms with Crippen LogP contribution < -0.4 is 14.8 Å². The highest BCUT2D eigenvalue weighted by molar-refractivity contribution is 5.97. The van der Waals surface area contributed by atoms with E-state index in [4.69, 9.17) is 23.7 Å². The van der Waals surface area contributed by atoms with E-state index in [1.807, 2.05) is 78.9 Å². The minimum atomic E-state index is -1.25. The van der Waals surface area contributed by atoms with Crippen LogP contribution in [0.15, 0.2) is 78.9 Å². The van der Waals surface area contributed by atoms with E-state index in [-0.39, 0.29) is 25.7 Å². The van der Waals surface area contributed by atoms with Gasteiger partial charge in [-0.25, -0.2) is 4.79 Å². The smallest absolute Gasteiger partial charge is 0.326 e. The number of fused-ring (bicyclic) bond motifs is 2. The Labute approximate surface area is 244 Å². The molecule has 3 saturated heterocycles.